The summed E-state index contributed by atoms with van der Waals surface area (Å²) in [7, 11) is 0. The molecule has 0 aromatic heterocycles. The van der Waals surface area contributed by atoms with Gasteiger partial charge in [0.05, 0.1) is 6.61 Å². The highest BCUT2D eigenvalue weighted by molar-refractivity contribution is 5.31. The standard InChI is InChI=1S/C17H27NO/c1-3-4-10-19-11-9-18-16-12-15(13-16)17-8-6-5-7-14(17)2/h5-8,15-16,18H,3-4,9-13H2,1-2H3. The van der Waals surface area contributed by atoms with Gasteiger partial charge < -0.3 is 10.1 Å². The van der Waals surface area contributed by atoms with Crippen LogP contribution in [0.3, 0.4) is 0 Å². The van der Waals surface area contributed by atoms with Crippen molar-refractivity contribution in [1.82, 2.24) is 5.32 Å². The van der Waals surface area contributed by atoms with Crippen molar-refractivity contribution in [3.05, 3.63) is 35.4 Å². The molecule has 2 rings (SSSR count). The number of nitrogens with one attached hydrogen (secondary N) is 1. The molecule has 1 aliphatic carbocycles. The van der Waals surface area contributed by atoms with Crippen molar-refractivity contribution in [1.29, 1.82) is 0 Å². The lowest BCUT2D eigenvalue weighted by Crippen LogP contribution is -2.41. The molecule has 1 fully saturated rings. The molecular weight excluding hydrogens is 234 g/mol. The van der Waals surface area contributed by atoms with Crippen molar-refractivity contribution in [3.63, 3.8) is 0 Å². The topological polar surface area (TPSA) is 21.3 Å². The van der Waals surface area contributed by atoms with Gasteiger partial charge >= 0.3 is 0 Å². The number of ether oxygens (including phenoxy) is 1. The van der Waals surface area contributed by atoms with Crippen LogP contribution in [0.2, 0.25) is 0 Å². The van der Waals surface area contributed by atoms with Crippen LogP contribution < -0.4 is 5.32 Å². The Morgan fingerprint density at radius 3 is 2.74 bits per heavy atom. The molecule has 0 atom stereocenters. The second-order valence-corrected chi connectivity index (χ2v) is 5.64. The molecule has 0 amide bonds. The molecule has 1 saturated carbocycles. The number of unbranched alkanes of at least 4 members (excludes halogenated alkanes) is 1. The molecule has 106 valence electrons. The van der Waals surface area contributed by atoms with Crippen LogP contribution in [0.4, 0.5) is 0 Å². The van der Waals surface area contributed by atoms with Crippen LogP contribution >= 0.6 is 0 Å². The van der Waals surface area contributed by atoms with Gasteiger partial charge in [-0.25, -0.2) is 0 Å². The minimum absolute atomic E-state index is 0.694. The maximum Gasteiger partial charge on any atom is 0.0591 e. The van der Waals surface area contributed by atoms with Crippen molar-refractivity contribution in [2.75, 3.05) is 19.8 Å². The lowest BCUT2D eigenvalue weighted by atomic mass is 9.74. The first-order chi connectivity index (χ1) is 9.31. The molecule has 0 radical (unpaired) electrons. The Hall–Kier alpha value is -0.860. The van der Waals surface area contributed by atoms with Crippen molar-refractivity contribution in [2.24, 2.45) is 0 Å². The molecule has 2 nitrogen and oxygen atoms in total. The Labute approximate surface area is 117 Å². The molecular formula is C17H27NO. The summed E-state index contributed by atoms with van der Waals surface area (Å²) in [6.45, 7) is 7.18. The third-order valence-corrected chi connectivity index (χ3v) is 4.09. The summed E-state index contributed by atoms with van der Waals surface area (Å²) in [6, 6.07) is 9.48. The van der Waals surface area contributed by atoms with Gasteiger partial charge in [-0.1, -0.05) is 37.6 Å². The van der Waals surface area contributed by atoms with Crippen LogP contribution in [0.15, 0.2) is 24.3 Å². The maximum atomic E-state index is 5.56. The molecule has 0 spiro atoms. The number of aryl methyl sites for hydroxylation is 1. The van der Waals surface area contributed by atoms with Gasteiger partial charge in [0.25, 0.3) is 0 Å². The van der Waals surface area contributed by atoms with Gasteiger partial charge in [-0.2, -0.15) is 0 Å². The molecule has 1 aromatic rings. The fourth-order valence-corrected chi connectivity index (χ4v) is 2.77. The van der Waals surface area contributed by atoms with E-state index in [-0.39, 0.29) is 0 Å². The molecule has 19 heavy (non-hydrogen) atoms. The van der Waals surface area contributed by atoms with Gasteiger partial charge in [-0.3, -0.25) is 0 Å². The van der Waals surface area contributed by atoms with Crippen molar-refractivity contribution in [2.45, 2.75) is 51.5 Å². The Balaban J connectivity index is 1.58. The second-order valence-electron chi connectivity index (χ2n) is 5.64. The van der Waals surface area contributed by atoms with Crippen LogP contribution in [0.5, 0.6) is 0 Å². The first-order valence-electron chi connectivity index (χ1n) is 7.68. The van der Waals surface area contributed by atoms with Gasteiger partial charge in [-0.05, 0) is 43.2 Å². The molecule has 0 aliphatic heterocycles. The highest BCUT2D eigenvalue weighted by atomic mass is 16.5. The fourth-order valence-electron chi connectivity index (χ4n) is 2.77. The van der Waals surface area contributed by atoms with E-state index in [0.717, 1.165) is 25.7 Å². The molecule has 0 unspecified atom stereocenters. The zero-order valence-electron chi connectivity index (χ0n) is 12.3. The number of benzene rings is 1. The maximum absolute atomic E-state index is 5.56. The summed E-state index contributed by atoms with van der Waals surface area (Å²) in [5.41, 5.74) is 2.98. The molecule has 1 aromatic carbocycles. The lowest BCUT2D eigenvalue weighted by molar-refractivity contribution is 0.126. The Kier molecular flexibility index (Phi) is 5.87. The Morgan fingerprint density at radius 2 is 2.00 bits per heavy atom. The van der Waals surface area contributed by atoms with Gasteiger partial charge in [0.2, 0.25) is 0 Å². The van der Waals surface area contributed by atoms with Gasteiger partial charge in [0, 0.05) is 19.2 Å². The monoisotopic (exact) mass is 261 g/mol. The SMILES string of the molecule is CCCCOCCNC1CC(c2ccccc2C)C1. The highest BCUT2D eigenvalue weighted by Crippen LogP contribution is 2.38. The first kappa shape index (κ1) is 14.5. The molecule has 1 N–H and O–H groups in total. The average Bonchev–Trinajstić information content (AvgIpc) is 2.37. The van der Waals surface area contributed by atoms with Crippen molar-refractivity contribution < 1.29 is 4.74 Å². The minimum Gasteiger partial charge on any atom is -0.380 e. The van der Waals surface area contributed by atoms with E-state index in [4.69, 9.17) is 4.74 Å². The van der Waals surface area contributed by atoms with E-state index in [9.17, 15) is 0 Å². The zero-order valence-corrected chi connectivity index (χ0v) is 12.3. The first-order valence-corrected chi connectivity index (χ1v) is 7.68. The van der Waals surface area contributed by atoms with Crippen LogP contribution in [0, 0.1) is 6.92 Å². The summed E-state index contributed by atoms with van der Waals surface area (Å²) < 4.78 is 5.56. The van der Waals surface area contributed by atoms with E-state index in [1.54, 1.807) is 5.56 Å². The number of rotatable bonds is 8. The van der Waals surface area contributed by atoms with E-state index in [1.165, 1.54) is 31.2 Å². The highest BCUT2D eigenvalue weighted by Gasteiger charge is 2.30. The molecule has 1 aliphatic rings. The minimum atomic E-state index is 0.694. The van der Waals surface area contributed by atoms with E-state index in [1.807, 2.05) is 0 Å². The van der Waals surface area contributed by atoms with Gasteiger partial charge in [0.1, 0.15) is 0 Å². The quantitative estimate of drug-likeness (QED) is 0.721. The average molecular weight is 261 g/mol. The largest absolute Gasteiger partial charge is 0.380 e. The molecule has 2 heteroatoms. The normalized spacial score (nSPS) is 22.2. The predicted molar refractivity (Wildman–Crippen MR) is 80.7 cm³/mol. The second kappa shape index (κ2) is 7.66. The van der Waals surface area contributed by atoms with Crippen LogP contribution in [0.1, 0.15) is 49.7 Å². The number of hydrogen-bond acceptors (Lipinski definition) is 2. The summed E-state index contributed by atoms with van der Waals surface area (Å²) in [6.07, 6.45) is 4.95. The molecule has 0 heterocycles. The smallest absolute Gasteiger partial charge is 0.0591 e. The summed E-state index contributed by atoms with van der Waals surface area (Å²) in [5.74, 6) is 0.764. The number of hydrogen-bond donors (Lipinski definition) is 1. The Bertz CT molecular complexity index is 371. The van der Waals surface area contributed by atoms with Crippen LogP contribution in [-0.2, 0) is 4.74 Å². The van der Waals surface area contributed by atoms with Crippen molar-refractivity contribution >= 4 is 0 Å². The van der Waals surface area contributed by atoms with E-state index in [2.05, 4.69) is 43.4 Å². The van der Waals surface area contributed by atoms with Crippen LogP contribution in [-0.4, -0.2) is 25.8 Å². The van der Waals surface area contributed by atoms with Gasteiger partial charge in [-0.15, -0.1) is 0 Å². The zero-order chi connectivity index (χ0) is 13.5. The summed E-state index contributed by atoms with van der Waals surface area (Å²) in [5, 5.41) is 3.59. The van der Waals surface area contributed by atoms with Gasteiger partial charge in [0.15, 0.2) is 0 Å². The fraction of sp³-hybridized carbons (Fsp3) is 0.647. The third kappa shape index (κ3) is 4.32. The van der Waals surface area contributed by atoms with Crippen molar-refractivity contribution in [3.8, 4) is 0 Å². The Morgan fingerprint density at radius 1 is 1.21 bits per heavy atom. The van der Waals surface area contributed by atoms with E-state index < -0.39 is 0 Å². The summed E-state index contributed by atoms with van der Waals surface area (Å²) in [4.78, 5) is 0. The summed E-state index contributed by atoms with van der Waals surface area (Å²) >= 11 is 0. The van der Waals surface area contributed by atoms with E-state index >= 15 is 0 Å². The lowest BCUT2D eigenvalue weighted by Gasteiger charge is -2.37. The van der Waals surface area contributed by atoms with E-state index in [0.29, 0.717) is 6.04 Å². The predicted octanol–water partition coefficient (Wildman–Crippen LogP) is 3.65. The molecule has 0 saturated heterocycles. The van der Waals surface area contributed by atoms with Crippen LogP contribution in [0.25, 0.3) is 0 Å². The molecule has 0 bridgehead atoms. The third-order valence-electron chi connectivity index (χ3n) is 4.09.